The third kappa shape index (κ3) is 3.26. The number of rotatable bonds is 2. The first kappa shape index (κ1) is 18.5. The topological polar surface area (TPSA) is 88.4 Å². The first-order valence-corrected chi connectivity index (χ1v) is 10.4. The summed E-state index contributed by atoms with van der Waals surface area (Å²) in [5, 5.41) is 13.2. The van der Waals surface area contributed by atoms with Crippen molar-refractivity contribution in [2.24, 2.45) is 5.92 Å². The van der Waals surface area contributed by atoms with E-state index in [1.54, 1.807) is 0 Å². The minimum atomic E-state index is -0.659. The minimum absolute atomic E-state index is 0.120. The molecule has 3 heterocycles. The van der Waals surface area contributed by atoms with Crippen LogP contribution in [0.1, 0.15) is 68.4 Å². The van der Waals surface area contributed by atoms with Gasteiger partial charge in [0.25, 0.3) is 0 Å². The van der Waals surface area contributed by atoms with Crippen LogP contribution >= 0.6 is 11.3 Å². The van der Waals surface area contributed by atoms with Gasteiger partial charge in [0.05, 0.1) is 30.1 Å². The van der Waals surface area contributed by atoms with Crippen LogP contribution in [0, 0.1) is 17.2 Å². The maximum absolute atomic E-state index is 13.1. The standard InChI is InChI=1S/C20H24N2O4S/c1-19(2)9-12-13(10-21)18(27-15(12)11-25-19)22-17(24)14-8-16(23)26-20(14)6-4-3-5-7-20/h14H,3-9,11H2,1-2H3,(H,22,24)/t14-/m0/s1. The number of anilines is 1. The molecule has 7 heteroatoms. The number of thiophene rings is 1. The van der Waals surface area contributed by atoms with Crippen molar-refractivity contribution in [2.75, 3.05) is 5.32 Å². The number of esters is 1. The summed E-state index contributed by atoms with van der Waals surface area (Å²) in [4.78, 5) is 26.0. The summed E-state index contributed by atoms with van der Waals surface area (Å²) in [6.45, 7) is 4.45. The zero-order valence-corrected chi connectivity index (χ0v) is 16.5. The maximum atomic E-state index is 13.1. The second-order valence-corrected chi connectivity index (χ2v) is 9.50. The Kier molecular flexibility index (Phi) is 4.52. The molecule has 1 saturated heterocycles. The van der Waals surface area contributed by atoms with E-state index in [9.17, 15) is 14.9 Å². The van der Waals surface area contributed by atoms with Crippen LogP contribution in [0.3, 0.4) is 0 Å². The molecule has 1 aromatic heterocycles. The number of nitriles is 1. The smallest absolute Gasteiger partial charge is 0.307 e. The molecule has 144 valence electrons. The molecule has 0 aromatic carbocycles. The molecule has 1 saturated carbocycles. The molecule has 1 spiro atoms. The Morgan fingerprint density at radius 3 is 2.74 bits per heavy atom. The predicted octanol–water partition coefficient (Wildman–Crippen LogP) is 3.68. The lowest BCUT2D eigenvalue weighted by atomic mass is 9.75. The predicted molar refractivity (Wildman–Crippen MR) is 100 cm³/mol. The van der Waals surface area contributed by atoms with Gasteiger partial charge >= 0.3 is 5.97 Å². The van der Waals surface area contributed by atoms with Crippen LogP contribution in [0.2, 0.25) is 0 Å². The molecule has 6 nitrogen and oxygen atoms in total. The molecule has 1 atom stereocenters. The molecule has 1 aromatic rings. The molecule has 27 heavy (non-hydrogen) atoms. The Balaban J connectivity index is 1.59. The normalized spacial score (nSPS) is 25.5. The van der Waals surface area contributed by atoms with Crippen LogP contribution < -0.4 is 5.32 Å². The largest absolute Gasteiger partial charge is 0.458 e. The second-order valence-electron chi connectivity index (χ2n) is 8.39. The number of fused-ring (bicyclic) bond motifs is 1. The van der Waals surface area contributed by atoms with Crippen molar-refractivity contribution in [3.63, 3.8) is 0 Å². The van der Waals surface area contributed by atoms with E-state index in [1.165, 1.54) is 11.3 Å². The SMILES string of the molecule is CC1(C)Cc2c(sc(NC(=O)[C@@H]3CC(=O)OC34CCCCC4)c2C#N)CO1. The van der Waals surface area contributed by atoms with Gasteiger partial charge in [-0.3, -0.25) is 9.59 Å². The number of amides is 1. The summed E-state index contributed by atoms with van der Waals surface area (Å²) in [7, 11) is 0. The number of ether oxygens (including phenoxy) is 2. The molecule has 1 amide bonds. The van der Waals surface area contributed by atoms with Crippen molar-refractivity contribution in [2.45, 2.75) is 76.6 Å². The fraction of sp³-hybridized carbons (Fsp3) is 0.650. The highest BCUT2D eigenvalue weighted by Gasteiger charge is 2.53. The van der Waals surface area contributed by atoms with Gasteiger partial charge in [0, 0.05) is 11.3 Å². The summed E-state index contributed by atoms with van der Waals surface area (Å²) in [5.41, 5.74) is 0.523. The van der Waals surface area contributed by atoms with E-state index in [0.29, 0.717) is 23.6 Å². The van der Waals surface area contributed by atoms with Gasteiger partial charge in [0.15, 0.2) is 0 Å². The highest BCUT2D eigenvalue weighted by molar-refractivity contribution is 7.16. The Bertz CT molecular complexity index is 830. The fourth-order valence-electron chi connectivity index (χ4n) is 4.58. The summed E-state index contributed by atoms with van der Waals surface area (Å²) < 4.78 is 11.5. The molecule has 0 radical (unpaired) electrons. The van der Waals surface area contributed by atoms with Gasteiger partial charge < -0.3 is 14.8 Å². The van der Waals surface area contributed by atoms with Crippen molar-refractivity contribution in [3.05, 3.63) is 16.0 Å². The number of carbonyl (C=O) groups excluding carboxylic acids is 2. The van der Waals surface area contributed by atoms with Crippen molar-refractivity contribution in [1.29, 1.82) is 5.26 Å². The van der Waals surface area contributed by atoms with Crippen molar-refractivity contribution < 1.29 is 19.1 Å². The van der Waals surface area contributed by atoms with Gasteiger partial charge in [-0.1, -0.05) is 6.42 Å². The summed E-state index contributed by atoms with van der Waals surface area (Å²) >= 11 is 1.41. The summed E-state index contributed by atoms with van der Waals surface area (Å²) in [5.74, 6) is -0.986. The zero-order chi connectivity index (χ0) is 19.2. The van der Waals surface area contributed by atoms with Crippen molar-refractivity contribution in [3.8, 4) is 6.07 Å². The van der Waals surface area contributed by atoms with Crippen LogP contribution in [-0.4, -0.2) is 23.1 Å². The number of nitrogens with one attached hydrogen (secondary N) is 1. The molecule has 0 bridgehead atoms. The summed E-state index contributed by atoms with van der Waals surface area (Å²) in [6, 6.07) is 2.26. The minimum Gasteiger partial charge on any atom is -0.458 e. The van der Waals surface area contributed by atoms with Gasteiger partial charge in [-0.25, -0.2) is 0 Å². The van der Waals surface area contributed by atoms with Gasteiger partial charge in [-0.2, -0.15) is 5.26 Å². The first-order valence-electron chi connectivity index (χ1n) is 9.55. The fourth-order valence-corrected chi connectivity index (χ4v) is 5.67. The highest BCUT2D eigenvalue weighted by Crippen LogP contribution is 2.45. The molecule has 1 N–H and O–H groups in total. The highest BCUT2D eigenvalue weighted by atomic mass is 32.1. The van der Waals surface area contributed by atoms with Crippen LogP contribution in [0.5, 0.6) is 0 Å². The Labute approximate surface area is 162 Å². The third-order valence-electron chi connectivity index (χ3n) is 5.98. The molecule has 1 aliphatic carbocycles. The summed E-state index contributed by atoms with van der Waals surface area (Å²) in [6.07, 6.45) is 5.30. The molecular weight excluding hydrogens is 364 g/mol. The lowest BCUT2D eigenvalue weighted by molar-refractivity contribution is -0.153. The third-order valence-corrected chi connectivity index (χ3v) is 7.10. The van der Waals surface area contributed by atoms with Crippen molar-refractivity contribution in [1.82, 2.24) is 0 Å². The Morgan fingerprint density at radius 1 is 1.30 bits per heavy atom. The van der Waals surface area contributed by atoms with Crippen molar-refractivity contribution >= 4 is 28.2 Å². The monoisotopic (exact) mass is 388 g/mol. The zero-order valence-electron chi connectivity index (χ0n) is 15.7. The van der Waals surface area contributed by atoms with Gasteiger partial charge in [-0.15, -0.1) is 11.3 Å². The van der Waals surface area contributed by atoms with E-state index >= 15 is 0 Å². The number of hydrogen-bond donors (Lipinski definition) is 1. The van der Waals surface area contributed by atoms with E-state index in [1.807, 2.05) is 13.8 Å². The van der Waals surface area contributed by atoms with Gasteiger partial charge in [0.1, 0.15) is 16.7 Å². The second kappa shape index (κ2) is 6.61. The Hall–Kier alpha value is -1.91. The van der Waals surface area contributed by atoms with Crippen LogP contribution in [0.4, 0.5) is 5.00 Å². The van der Waals surface area contributed by atoms with E-state index in [0.717, 1.165) is 42.5 Å². The molecule has 2 aliphatic heterocycles. The molecule has 2 fully saturated rings. The Morgan fingerprint density at radius 2 is 2.04 bits per heavy atom. The number of nitrogens with zero attached hydrogens (tertiary/aromatic N) is 1. The lowest BCUT2D eigenvalue weighted by Gasteiger charge is -2.35. The van der Waals surface area contributed by atoms with E-state index in [2.05, 4.69) is 11.4 Å². The molecule has 0 unspecified atom stereocenters. The molecule has 4 rings (SSSR count). The van der Waals surface area contributed by atoms with E-state index in [4.69, 9.17) is 9.47 Å². The van der Waals surface area contributed by atoms with Crippen LogP contribution in [0.15, 0.2) is 0 Å². The van der Waals surface area contributed by atoms with E-state index < -0.39 is 11.5 Å². The molecular formula is C20H24N2O4S. The average molecular weight is 388 g/mol. The average Bonchev–Trinajstić information content (AvgIpc) is 3.11. The van der Waals surface area contributed by atoms with Gasteiger partial charge in [-0.05, 0) is 45.1 Å². The lowest BCUT2D eigenvalue weighted by Crippen LogP contribution is -2.43. The number of carbonyl (C=O) groups is 2. The molecule has 3 aliphatic rings. The quantitative estimate of drug-likeness (QED) is 0.781. The number of hydrogen-bond acceptors (Lipinski definition) is 6. The van der Waals surface area contributed by atoms with Crippen LogP contribution in [0.25, 0.3) is 0 Å². The van der Waals surface area contributed by atoms with E-state index in [-0.39, 0.29) is 23.9 Å². The maximum Gasteiger partial charge on any atom is 0.307 e. The van der Waals surface area contributed by atoms with Crippen LogP contribution in [-0.2, 0) is 32.1 Å². The van der Waals surface area contributed by atoms with Gasteiger partial charge in [0.2, 0.25) is 5.91 Å². The first-order chi connectivity index (χ1) is 12.8.